The molecule has 0 bridgehead atoms. The van der Waals surface area contributed by atoms with Crippen molar-refractivity contribution < 1.29 is 9.53 Å². The Hall–Kier alpha value is -2.82. The van der Waals surface area contributed by atoms with E-state index in [1.807, 2.05) is 36.4 Å². The van der Waals surface area contributed by atoms with Gasteiger partial charge in [-0.05, 0) is 54.8 Å². The highest BCUT2D eigenvalue weighted by atomic mass is 16.5. The molecule has 0 radical (unpaired) electrons. The quantitative estimate of drug-likeness (QED) is 0.774. The van der Waals surface area contributed by atoms with Crippen LogP contribution >= 0.6 is 0 Å². The van der Waals surface area contributed by atoms with E-state index in [-0.39, 0.29) is 5.91 Å². The zero-order valence-corrected chi connectivity index (χ0v) is 14.5. The zero-order valence-electron chi connectivity index (χ0n) is 14.5. The summed E-state index contributed by atoms with van der Waals surface area (Å²) in [5, 5.41) is 2.91. The number of hydrogen-bond donors (Lipinski definition) is 1. The standard InChI is InChI=1S/C20H21N3O2/c1-23-18-10-3-13(11-17(18)22-20(23)14-4-5-14)12-19(24)21-15-6-8-16(25-2)9-7-15/h3,6-11,14H,4-5,12H2,1-2H3,(H,21,24). The second-order valence-corrected chi connectivity index (χ2v) is 6.58. The highest BCUT2D eigenvalue weighted by molar-refractivity contribution is 5.93. The Kier molecular flexibility index (Phi) is 3.92. The predicted molar refractivity (Wildman–Crippen MR) is 98.0 cm³/mol. The Morgan fingerprint density at radius 1 is 1.24 bits per heavy atom. The van der Waals surface area contributed by atoms with Gasteiger partial charge in [-0.2, -0.15) is 0 Å². The molecule has 25 heavy (non-hydrogen) atoms. The first-order chi connectivity index (χ1) is 12.1. The maximum absolute atomic E-state index is 12.3. The van der Waals surface area contributed by atoms with Crippen LogP contribution < -0.4 is 10.1 Å². The first-order valence-corrected chi connectivity index (χ1v) is 8.53. The number of ether oxygens (including phenoxy) is 1. The monoisotopic (exact) mass is 335 g/mol. The van der Waals surface area contributed by atoms with Crippen LogP contribution in [0.15, 0.2) is 42.5 Å². The maximum Gasteiger partial charge on any atom is 0.228 e. The van der Waals surface area contributed by atoms with Crippen LogP contribution in [0, 0.1) is 0 Å². The number of anilines is 1. The third-order valence-electron chi connectivity index (χ3n) is 4.66. The van der Waals surface area contributed by atoms with Gasteiger partial charge in [0, 0.05) is 18.7 Å². The van der Waals surface area contributed by atoms with Gasteiger partial charge in [0.25, 0.3) is 0 Å². The van der Waals surface area contributed by atoms with E-state index in [0.29, 0.717) is 12.3 Å². The molecule has 2 aromatic carbocycles. The summed E-state index contributed by atoms with van der Waals surface area (Å²) in [6.07, 6.45) is 2.79. The van der Waals surface area contributed by atoms with Gasteiger partial charge in [0.1, 0.15) is 11.6 Å². The minimum absolute atomic E-state index is 0.0390. The molecule has 0 atom stereocenters. The smallest absolute Gasteiger partial charge is 0.228 e. The van der Waals surface area contributed by atoms with Gasteiger partial charge < -0.3 is 14.6 Å². The molecule has 0 unspecified atom stereocenters. The molecule has 0 saturated heterocycles. The van der Waals surface area contributed by atoms with E-state index in [1.54, 1.807) is 7.11 Å². The van der Waals surface area contributed by atoms with E-state index in [4.69, 9.17) is 9.72 Å². The number of carbonyl (C=O) groups is 1. The summed E-state index contributed by atoms with van der Waals surface area (Å²) in [6, 6.07) is 13.4. The SMILES string of the molecule is COc1ccc(NC(=O)Cc2ccc3c(c2)nc(C2CC2)n3C)cc1. The van der Waals surface area contributed by atoms with Gasteiger partial charge in [0.15, 0.2) is 0 Å². The fourth-order valence-electron chi connectivity index (χ4n) is 3.15. The summed E-state index contributed by atoms with van der Waals surface area (Å²) in [7, 11) is 3.69. The van der Waals surface area contributed by atoms with Gasteiger partial charge in [0.2, 0.25) is 5.91 Å². The molecular weight excluding hydrogens is 314 g/mol. The van der Waals surface area contributed by atoms with Crippen LogP contribution in [0.4, 0.5) is 5.69 Å². The summed E-state index contributed by atoms with van der Waals surface area (Å²) in [4.78, 5) is 17.1. The van der Waals surface area contributed by atoms with Crippen molar-refractivity contribution in [2.45, 2.75) is 25.2 Å². The lowest BCUT2D eigenvalue weighted by atomic mass is 10.1. The number of fused-ring (bicyclic) bond motifs is 1. The van der Waals surface area contributed by atoms with Crippen molar-refractivity contribution in [1.82, 2.24) is 9.55 Å². The van der Waals surface area contributed by atoms with Crippen molar-refractivity contribution in [2.24, 2.45) is 7.05 Å². The average Bonchev–Trinajstić information content (AvgIpc) is 3.40. The second kappa shape index (κ2) is 6.24. The maximum atomic E-state index is 12.3. The van der Waals surface area contributed by atoms with E-state index in [9.17, 15) is 4.79 Å². The fourth-order valence-corrected chi connectivity index (χ4v) is 3.15. The van der Waals surface area contributed by atoms with Gasteiger partial charge in [-0.15, -0.1) is 0 Å². The van der Waals surface area contributed by atoms with Crippen LogP contribution in [0.5, 0.6) is 5.75 Å². The number of nitrogens with one attached hydrogen (secondary N) is 1. The Labute approximate surface area is 146 Å². The van der Waals surface area contributed by atoms with Gasteiger partial charge in [-0.1, -0.05) is 6.07 Å². The van der Waals surface area contributed by atoms with Crippen LogP contribution in [-0.4, -0.2) is 22.6 Å². The molecule has 0 spiro atoms. The highest BCUT2D eigenvalue weighted by Gasteiger charge is 2.28. The highest BCUT2D eigenvalue weighted by Crippen LogP contribution is 2.40. The number of rotatable bonds is 5. The topological polar surface area (TPSA) is 56.1 Å². The molecule has 128 valence electrons. The summed E-state index contributed by atoms with van der Waals surface area (Å²) in [5.41, 5.74) is 3.83. The van der Waals surface area contributed by atoms with E-state index in [0.717, 1.165) is 33.9 Å². The Bertz CT molecular complexity index is 924. The van der Waals surface area contributed by atoms with Crippen molar-refractivity contribution in [1.29, 1.82) is 0 Å². The molecule has 1 amide bonds. The summed E-state index contributed by atoms with van der Waals surface area (Å²) in [5.74, 6) is 2.50. The first kappa shape index (κ1) is 15.7. The Morgan fingerprint density at radius 3 is 2.68 bits per heavy atom. The van der Waals surface area contributed by atoms with Crippen molar-refractivity contribution in [3.8, 4) is 5.75 Å². The lowest BCUT2D eigenvalue weighted by molar-refractivity contribution is -0.115. The minimum Gasteiger partial charge on any atom is -0.497 e. The van der Waals surface area contributed by atoms with E-state index < -0.39 is 0 Å². The molecule has 0 aliphatic heterocycles. The lowest BCUT2D eigenvalue weighted by Crippen LogP contribution is -2.14. The predicted octanol–water partition coefficient (Wildman–Crippen LogP) is 3.64. The van der Waals surface area contributed by atoms with Crippen molar-refractivity contribution in [2.75, 3.05) is 12.4 Å². The van der Waals surface area contributed by atoms with Crippen LogP contribution in [0.1, 0.15) is 30.1 Å². The summed E-state index contributed by atoms with van der Waals surface area (Å²) in [6.45, 7) is 0. The van der Waals surface area contributed by atoms with Crippen LogP contribution in [-0.2, 0) is 18.3 Å². The zero-order chi connectivity index (χ0) is 17.4. The number of aryl methyl sites for hydroxylation is 1. The Balaban J connectivity index is 1.48. The normalized spacial score (nSPS) is 13.8. The lowest BCUT2D eigenvalue weighted by Gasteiger charge is -2.06. The number of aromatic nitrogens is 2. The molecule has 5 nitrogen and oxygen atoms in total. The van der Waals surface area contributed by atoms with Gasteiger partial charge in [0.05, 0.1) is 24.6 Å². The number of nitrogens with zero attached hydrogens (tertiary/aromatic N) is 2. The van der Waals surface area contributed by atoms with Gasteiger partial charge in [-0.25, -0.2) is 4.98 Å². The molecular formula is C20H21N3O2. The summed E-state index contributed by atoms with van der Waals surface area (Å²) < 4.78 is 7.30. The second-order valence-electron chi connectivity index (χ2n) is 6.58. The number of methoxy groups -OCH3 is 1. The molecule has 1 aromatic heterocycles. The number of imidazole rings is 1. The molecule has 1 aliphatic rings. The molecule has 4 rings (SSSR count). The number of hydrogen-bond acceptors (Lipinski definition) is 3. The number of amides is 1. The average molecular weight is 335 g/mol. The summed E-state index contributed by atoms with van der Waals surface area (Å²) >= 11 is 0. The van der Waals surface area contributed by atoms with Crippen molar-refractivity contribution >= 4 is 22.6 Å². The van der Waals surface area contributed by atoms with Crippen molar-refractivity contribution in [3.05, 3.63) is 53.9 Å². The Morgan fingerprint density at radius 2 is 2.00 bits per heavy atom. The van der Waals surface area contributed by atoms with Crippen LogP contribution in [0.25, 0.3) is 11.0 Å². The molecule has 3 aromatic rings. The van der Waals surface area contributed by atoms with Crippen LogP contribution in [0.2, 0.25) is 0 Å². The number of benzene rings is 2. The van der Waals surface area contributed by atoms with E-state index in [2.05, 4.69) is 23.0 Å². The molecule has 1 heterocycles. The van der Waals surface area contributed by atoms with E-state index in [1.165, 1.54) is 12.8 Å². The molecule has 1 fully saturated rings. The minimum atomic E-state index is -0.0390. The fraction of sp³-hybridized carbons (Fsp3) is 0.300. The molecule has 5 heteroatoms. The molecule has 1 N–H and O–H groups in total. The largest absolute Gasteiger partial charge is 0.497 e. The first-order valence-electron chi connectivity index (χ1n) is 8.53. The van der Waals surface area contributed by atoms with Crippen LogP contribution in [0.3, 0.4) is 0 Å². The third-order valence-corrected chi connectivity index (χ3v) is 4.66. The van der Waals surface area contributed by atoms with Gasteiger partial charge >= 0.3 is 0 Å². The van der Waals surface area contributed by atoms with Gasteiger partial charge in [-0.3, -0.25) is 4.79 Å². The number of carbonyl (C=O) groups excluding carboxylic acids is 1. The molecule has 1 aliphatic carbocycles. The third kappa shape index (κ3) is 3.22. The van der Waals surface area contributed by atoms with Crippen molar-refractivity contribution in [3.63, 3.8) is 0 Å². The molecule has 1 saturated carbocycles. The van der Waals surface area contributed by atoms with E-state index >= 15 is 0 Å².